The van der Waals surface area contributed by atoms with E-state index in [0.29, 0.717) is 6.42 Å². The summed E-state index contributed by atoms with van der Waals surface area (Å²) < 4.78 is 22.9. The van der Waals surface area contributed by atoms with Crippen LogP contribution in [0.2, 0.25) is 0 Å². The van der Waals surface area contributed by atoms with Crippen LogP contribution in [0.5, 0.6) is 0 Å². The molecule has 12 atom stereocenters. The molecule has 2 aliphatic heterocycles. The Balaban J connectivity index is 1.60. The van der Waals surface area contributed by atoms with Crippen molar-refractivity contribution in [1.82, 2.24) is 5.32 Å². The summed E-state index contributed by atoms with van der Waals surface area (Å²) in [6.07, 6.45) is 79.9. The maximum absolute atomic E-state index is 13.4. The summed E-state index contributed by atoms with van der Waals surface area (Å²) in [4.78, 5) is 13.4. The number of allylic oxidation sites excluding steroid dienone is 11. The van der Waals surface area contributed by atoms with E-state index in [9.17, 15) is 45.6 Å². The Hall–Kier alpha value is -2.57. The molecule has 0 spiro atoms. The number of aliphatic hydroxyl groups is 8. The van der Waals surface area contributed by atoms with E-state index < -0.39 is 86.8 Å². The van der Waals surface area contributed by atoms with Crippen molar-refractivity contribution in [3.63, 3.8) is 0 Å². The molecule has 12 unspecified atom stereocenters. The summed E-state index contributed by atoms with van der Waals surface area (Å²) in [6, 6.07) is -0.919. The first kappa shape index (κ1) is 93.5. The van der Waals surface area contributed by atoms with E-state index in [2.05, 4.69) is 79.9 Å². The van der Waals surface area contributed by atoms with Gasteiger partial charge in [0.25, 0.3) is 0 Å². The van der Waals surface area contributed by atoms with Gasteiger partial charge in [0, 0.05) is 6.42 Å². The number of carbonyl (C=O) groups is 1. The monoisotopic (exact) mass is 1410 g/mol. The standard InChI is InChI=1S/C86H157NO13/c1-3-5-7-9-11-13-15-17-19-21-23-25-27-29-31-33-35-37-39-41-43-45-47-49-51-53-55-57-59-61-63-65-67-69-75(90)74(73-97-85-83(96)81(94)84(77(72-89)99-85)100-86-82(95)80(93)79(92)76(71-88)98-86)87-78(91)70-68-66-64-62-60-58-56-54-52-50-48-46-44-42-40-38-36-34-32-30-28-26-24-22-20-18-16-14-12-10-8-6-4-2/h6,8,12,14,18,20,24,26,30,32,67,69,74-77,79-86,88-90,92-96H,3-5,7,9-11,13,15-17,19,21-23,25,27-29,31,33-66,68,70-73H2,1-2H3,(H,87,91)/b8-6-,14-12-,20-18-,26-24-,32-30-,69-67+. The van der Waals surface area contributed by atoms with Gasteiger partial charge in [-0.05, 0) is 64.2 Å². The lowest BCUT2D eigenvalue weighted by atomic mass is 9.97. The molecular formula is C86H157NO13. The highest BCUT2D eigenvalue weighted by molar-refractivity contribution is 5.76. The van der Waals surface area contributed by atoms with E-state index in [-0.39, 0.29) is 18.9 Å². The second-order valence-corrected chi connectivity index (χ2v) is 29.6. The van der Waals surface area contributed by atoms with E-state index in [1.807, 2.05) is 6.08 Å². The fourth-order valence-corrected chi connectivity index (χ4v) is 13.8. The number of carbonyl (C=O) groups excluding carboxylic acids is 1. The minimum atomic E-state index is -1.79. The molecule has 0 aliphatic carbocycles. The first-order valence-electron chi connectivity index (χ1n) is 42.2. The topological polar surface area (TPSA) is 228 Å². The van der Waals surface area contributed by atoms with Gasteiger partial charge in [-0.3, -0.25) is 4.79 Å². The van der Waals surface area contributed by atoms with Crippen molar-refractivity contribution in [2.45, 2.75) is 447 Å². The number of unbranched alkanes of at least 4 members (excludes halogenated alkanes) is 48. The molecule has 0 saturated carbocycles. The molecule has 2 saturated heterocycles. The van der Waals surface area contributed by atoms with Crippen LogP contribution in [0.15, 0.2) is 72.9 Å². The maximum Gasteiger partial charge on any atom is 0.220 e. The molecule has 0 radical (unpaired) electrons. The van der Waals surface area contributed by atoms with E-state index >= 15 is 0 Å². The number of nitrogens with one attached hydrogen (secondary N) is 1. The summed E-state index contributed by atoms with van der Waals surface area (Å²) in [7, 11) is 0. The Kier molecular flexibility index (Phi) is 65.0. The molecule has 2 fully saturated rings. The molecule has 9 N–H and O–H groups in total. The van der Waals surface area contributed by atoms with E-state index in [1.54, 1.807) is 6.08 Å². The summed E-state index contributed by atoms with van der Waals surface area (Å²) in [5, 5.41) is 87.8. The largest absolute Gasteiger partial charge is 0.394 e. The van der Waals surface area contributed by atoms with Crippen molar-refractivity contribution >= 4 is 5.91 Å². The van der Waals surface area contributed by atoms with Crippen molar-refractivity contribution in [2.24, 2.45) is 0 Å². The molecule has 2 heterocycles. The molecule has 0 aromatic rings. The quantitative estimate of drug-likeness (QED) is 0.0204. The molecule has 100 heavy (non-hydrogen) atoms. The zero-order chi connectivity index (χ0) is 72.2. The van der Waals surface area contributed by atoms with Gasteiger partial charge in [0.15, 0.2) is 12.6 Å². The van der Waals surface area contributed by atoms with Gasteiger partial charge >= 0.3 is 0 Å². The summed E-state index contributed by atoms with van der Waals surface area (Å²) in [6.45, 7) is 2.74. The average Bonchev–Trinajstić information content (AvgIpc) is 0.791. The summed E-state index contributed by atoms with van der Waals surface area (Å²) in [5.41, 5.74) is 0. The Morgan fingerprint density at radius 3 is 1.06 bits per heavy atom. The molecule has 2 rings (SSSR count). The van der Waals surface area contributed by atoms with Gasteiger partial charge in [-0.25, -0.2) is 0 Å². The molecular weight excluding hydrogens is 1250 g/mol. The lowest BCUT2D eigenvalue weighted by molar-refractivity contribution is -0.359. The SMILES string of the molecule is CC/C=C\C/C=C\C/C=C\C/C=C\C/C=C\CCCCCCCCCCCCCCCCCCCC(=O)NC(COC1OC(CO)C(OC2OC(CO)C(O)C(O)C2O)C(O)C1O)C(O)/C=C/CCCCCCCCCCCCCCCCCCCCCCCCCCCCCCCCC. The van der Waals surface area contributed by atoms with Gasteiger partial charge in [0.05, 0.1) is 32.0 Å². The first-order chi connectivity index (χ1) is 49.1. The van der Waals surface area contributed by atoms with E-state index in [4.69, 9.17) is 18.9 Å². The second-order valence-electron chi connectivity index (χ2n) is 29.6. The summed E-state index contributed by atoms with van der Waals surface area (Å²) in [5.74, 6) is -0.235. The third-order valence-electron chi connectivity index (χ3n) is 20.4. The number of amides is 1. The molecule has 0 bridgehead atoms. The fourth-order valence-electron chi connectivity index (χ4n) is 13.8. The zero-order valence-corrected chi connectivity index (χ0v) is 64.2. The zero-order valence-electron chi connectivity index (χ0n) is 64.2. The minimum Gasteiger partial charge on any atom is -0.394 e. The molecule has 584 valence electrons. The molecule has 14 nitrogen and oxygen atoms in total. The van der Waals surface area contributed by atoms with Gasteiger partial charge < -0.3 is 65.1 Å². The van der Waals surface area contributed by atoms with Crippen LogP contribution < -0.4 is 5.32 Å². The molecule has 0 aromatic carbocycles. The highest BCUT2D eigenvalue weighted by Crippen LogP contribution is 2.30. The predicted molar refractivity (Wildman–Crippen MR) is 415 cm³/mol. The molecule has 1 amide bonds. The Morgan fingerprint density at radius 2 is 0.690 bits per heavy atom. The highest BCUT2D eigenvalue weighted by Gasteiger charge is 2.51. The van der Waals surface area contributed by atoms with Crippen LogP contribution in [-0.2, 0) is 23.7 Å². The Morgan fingerprint density at radius 1 is 0.370 bits per heavy atom. The van der Waals surface area contributed by atoms with Gasteiger partial charge in [0.1, 0.15) is 48.8 Å². The fraction of sp³-hybridized carbons (Fsp3) is 0.849. The smallest absolute Gasteiger partial charge is 0.220 e. The van der Waals surface area contributed by atoms with Crippen molar-refractivity contribution in [1.29, 1.82) is 0 Å². The van der Waals surface area contributed by atoms with Crippen LogP contribution in [0.25, 0.3) is 0 Å². The molecule has 2 aliphatic rings. The molecule has 14 heteroatoms. The van der Waals surface area contributed by atoms with Crippen molar-refractivity contribution in [3.05, 3.63) is 72.9 Å². The van der Waals surface area contributed by atoms with Crippen LogP contribution in [0.1, 0.15) is 373 Å². The van der Waals surface area contributed by atoms with Crippen molar-refractivity contribution < 1.29 is 64.6 Å². The number of hydrogen-bond donors (Lipinski definition) is 9. The third-order valence-corrected chi connectivity index (χ3v) is 20.4. The maximum atomic E-state index is 13.4. The van der Waals surface area contributed by atoms with Crippen LogP contribution in [-0.4, -0.2) is 140 Å². The lowest BCUT2D eigenvalue weighted by Gasteiger charge is -2.46. The number of hydrogen-bond acceptors (Lipinski definition) is 13. The predicted octanol–water partition coefficient (Wildman–Crippen LogP) is 19.7. The molecule has 0 aromatic heterocycles. The number of ether oxygens (including phenoxy) is 4. The highest BCUT2D eigenvalue weighted by atomic mass is 16.7. The number of rotatable bonds is 71. The normalized spacial score (nSPS) is 22.2. The Labute approximate surface area is 612 Å². The van der Waals surface area contributed by atoms with Gasteiger partial charge in [-0.15, -0.1) is 0 Å². The van der Waals surface area contributed by atoms with Crippen LogP contribution in [0, 0.1) is 0 Å². The summed E-state index contributed by atoms with van der Waals surface area (Å²) >= 11 is 0. The third kappa shape index (κ3) is 51.6. The van der Waals surface area contributed by atoms with Crippen molar-refractivity contribution in [3.8, 4) is 0 Å². The first-order valence-corrected chi connectivity index (χ1v) is 42.2. The van der Waals surface area contributed by atoms with Gasteiger partial charge in [-0.2, -0.15) is 0 Å². The Bertz CT molecular complexity index is 1960. The second kappa shape index (κ2) is 69.5. The van der Waals surface area contributed by atoms with Gasteiger partial charge in [-0.1, -0.05) is 376 Å². The van der Waals surface area contributed by atoms with E-state index in [0.717, 1.165) is 70.6 Å². The minimum absolute atomic E-state index is 0.235. The van der Waals surface area contributed by atoms with Crippen molar-refractivity contribution in [2.75, 3.05) is 19.8 Å². The van der Waals surface area contributed by atoms with Gasteiger partial charge in [0.2, 0.25) is 5.91 Å². The van der Waals surface area contributed by atoms with Crippen LogP contribution in [0.3, 0.4) is 0 Å². The van der Waals surface area contributed by atoms with Crippen LogP contribution >= 0.6 is 0 Å². The number of aliphatic hydroxyl groups excluding tert-OH is 8. The van der Waals surface area contributed by atoms with Crippen LogP contribution in [0.4, 0.5) is 0 Å². The average molecular weight is 1410 g/mol. The van der Waals surface area contributed by atoms with E-state index in [1.165, 1.54) is 276 Å². The lowest BCUT2D eigenvalue weighted by Crippen LogP contribution is -2.65.